The molecule has 0 fully saturated rings. The second-order valence-corrected chi connectivity index (χ2v) is 10.5. The molecule has 1 atom stereocenters. The molecule has 6 nitrogen and oxygen atoms in total. The molecule has 226 valence electrons. The molecule has 0 saturated heterocycles. The average molecular weight is 593 g/mol. The number of alkyl halides is 3. The lowest BCUT2D eigenvalue weighted by atomic mass is 9.98. The Hall–Kier alpha value is -4.40. The molecule has 9 heteroatoms. The van der Waals surface area contributed by atoms with E-state index in [1.165, 1.54) is 22.8 Å². The van der Waals surface area contributed by atoms with Gasteiger partial charge in [-0.25, -0.2) is 9.78 Å². The molecule has 0 radical (unpaired) electrons. The number of unbranched alkanes of at least 4 members (excludes halogenated alkanes) is 1. The summed E-state index contributed by atoms with van der Waals surface area (Å²) >= 11 is 0. The number of rotatable bonds is 12. The quantitative estimate of drug-likeness (QED) is 0.182. The van der Waals surface area contributed by atoms with Gasteiger partial charge in [-0.2, -0.15) is 13.2 Å². The van der Waals surface area contributed by atoms with E-state index in [1.807, 2.05) is 19.9 Å². The molecule has 0 aliphatic carbocycles. The number of nitrogens with zero attached hydrogens (tertiary/aromatic N) is 2. The van der Waals surface area contributed by atoms with Crippen molar-refractivity contribution >= 4 is 5.97 Å². The molecular formula is C34H35F3N2O4. The maximum Gasteiger partial charge on any atom is 0.417 e. The minimum Gasteiger partial charge on any atom is -0.478 e. The molecule has 0 aliphatic rings. The number of aromatic nitrogens is 2. The van der Waals surface area contributed by atoms with Crippen molar-refractivity contribution < 1.29 is 27.8 Å². The summed E-state index contributed by atoms with van der Waals surface area (Å²) in [5, 5.41) is 9.86. The van der Waals surface area contributed by atoms with Gasteiger partial charge in [-0.1, -0.05) is 87.4 Å². The predicted octanol–water partition coefficient (Wildman–Crippen LogP) is 7.79. The van der Waals surface area contributed by atoms with E-state index in [4.69, 9.17) is 4.74 Å². The largest absolute Gasteiger partial charge is 0.478 e. The van der Waals surface area contributed by atoms with Gasteiger partial charge in [-0.05, 0) is 43.0 Å². The summed E-state index contributed by atoms with van der Waals surface area (Å²) in [6.45, 7) is 5.66. The van der Waals surface area contributed by atoms with Crippen LogP contribution in [-0.2, 0) is 30.4 Å². The normalized spacial score (nSPS) is 12.2. The Bertz CT molecular complexity index is 1630. The summed E-state index contributed by atoms with van der Waals surface area (Å²) in [6, 6.07) is 19.0. The highest BCUT2D eigenvalue weighted by molar-refractivity contribution is 5.75. The number of aliphatic carboxylic acids is 1. The van der Waals surface area contributed by atoms with E-state index in [1.54, 1.807) is 49.4 Å². The third-order valence-electron chi connectivity index (χ3n) is 7.24. The number of benzene rings is 3. The molecule has 0 saturated carbocycles. The summed E-state index contributed by atoms with van der Waals surface area (Å²) in [5.41, 5.74) is 0.554. The van der Waals surface area contributed by atoms with Crippen LogP contribution in [0.5, 0.6) is 5.75 Å². The Morgan fingerprint density at radius 3 is 2.33 bits per heavy atom. The van der Waals surface area contributed by atoms with Gasteiger partial charge >= 0.3 is 12.1 Å². The van der Waals surface area contributed by atoms with Crippen LogP contribution in [0.1, 0.15) is 73.0 Å². The van der Waals surface area contributed by atoms with Gasteiger partial charge in [0.15, 0.2) is 0 Å². The van der Waals surface area contributed by atoms with E-state index in [9.17, 15) is 27.9 Å². The van der Waals surface area contributed by atoms with Crippen LogP contribution in [-0.4, -0.2) is 20.6 Å². The first kappa shape index (κ1) is 31.5. The summed E-state index contributed by atoms with van der Waals surface area (Å²) in [7, 11) is 0. The molecule has 4 rings (SSSR count). The maximum absolute atomic E-state index is 14.0. The van der Waals surface area contributed by atoms with Crippen molar-refractivity contribution in [2.75, 3.05) is 0 Å². The van der Waals surface area contributed by atoms with Gasteiger partial charge in [0.2, 0.25) is 6.10 Å². The van der Waals surface area contributed by atoms with Crippen LogP contribution in [0.3, 0.4) is 0 Å². The van der Waals surface area contributed by atoms with E-state index >= 15 is 0 Å². The van der Waals surface area contributed by atoms with Crippen LogP contribution in [0, 0.1) is 6.92 Å². The highest BCUT2D eigenvalue weighted by atomic mass is 19.4. The van der Waals surface area contributed by atoms with Crippen LogP contribution in [0.2, 0.25) is 0 Å². The van der Waals surface area contributed by atoms with Crippen molar-refractivity contribution in [3.8, 4) is 16.9 Å². The van der Waals surface area contributed by atoms with Crippen LogP contribution in [0.4, 0.5) is 13.2 Å². The zero-order valence-corrected chi connectivity index (χ0v) is 24.4. The first-order valence-electron chi connectivity index (χ1n) is 14.4. The molecule has 0 spiro atoms. The first-order chi connectivity index (χ1) is 20.5. The van der Waals surface area contributed by atoms with Crippen molar-refractivity contribution in [3.63, 3.8) is 0 Å². The molecular weight excluding hydrogens is 557 g/mol. The summed E-state index contributed by atoms with van der Waals surface area (Å²) < 4.78 is 49.2. The fraction of sp³-hybridized carbons (Fsp3) is 0.324. The van der Waals surface area contributed by atoms with Gasteiger partial charge in [-0.15, -0.1) is 0 Å². The fourth-order valence-electron chi connectivity index (χ4n) is 5.17. The number of carboxylic acid groups (broad SMARTS) is 1. The Kier molecular flexibility index (Phi) is 10.1. The number of halogens is 3. The van der Waals surface area contributed by atoms with E-state index in [0.29, 0.717) is 30.0 Å². The SMILES string of the molecule is CCCCc1nc(C)c(-c2ccccc2C(F)(F)F)c(=O)n1Cc1ccc(OC(C(=O)O)c2ccccc2)c(CCC)c1. The van der Waals surface area contributed by atoms with Crippen LogP contribution in [0.25, 0.3) is 11.1 Å². The average Bonchev–Trinajstić information content (AvgIpc) is 2.97. The number of carbonyl (C=O) groups is 1. The van der Waals surface area contributed by atoms with Gasteiger partial charge in [0.25, 0.3) is 5.56 Å². The maximum atomic E-state index is 14.0. The Labute approximate surface area is 248 Å². The number of hydrogen-bond donors (Lipinski definition) is 1. The van der Waals surface area contributed by atoms with Crippen molar-refractivity contribution in [2.24, 2.45) is 0 Å². The molecule has 43 heavy (non-hydrogen) atoms. The van der Waals surface area contributed by atoms with Gasteiger partial charge in [0, 0.05) is 17.5 Å². The minimum atomic E-state index is -4.64. The monoisotopic (exact) mass is 592 g/mol. The molecule has 3 aromatic carbocycles. The Morgan fingerprint density at radius 2 is 1.67 bits per heavy atom. The van der Waals surface area contributed by atoms with Crippen molar-refractivity contribution in [2.45, 2.75) is 71.7 Å². The predicted molar refractivity (Wildman–Crippen MR) is 159 cm³/mol. The zero-order valence-electron chi connectivity index (χ0n) is 24.4. The second-order valence-electron chi connectivity index (χ2n) is 10.5. The standard InChI is InChI=1S/C34H35F3N2O4/c1-4-6-17-29-38-22(3)30(26-15-10-11-16-27(26)34(35,36)37)32(40)39(29)21-23-18-19-28(25(20-23)12-5-2)43-31(33(41)42)24-13-8-7-9-14-24/h7-11,13-16,18-20,31H,4-6,12,17,21H2,1-3H3,(H,41,42). The molecule has 0 amide bonds. The topological polar surface area (TPSA) is 81.4 Å². The van der Waals surface area contributed by atoms with Crippen LogP contribution >= 0.6 is 0 Å². The van der Waals surface area contributed by atoms with Crippen molar-refractivity contribution in [1.82, 2.24) is 9.55 Å². The van der Waals surface area contributed by atoms with Crippen molar-refractivity contribution in [3.05, 3.63) is 117 Å². The second kappa shape index (κ2) is 13.7. The lowest BCUT2D eigenvalue weighted by Gasteiger charge is -2.20. The molecule has 4 aromatic rings. The Balaban J connectivity index is 1.79. The van der Waals surface area contributed by atoms with E-state index in [0.717, 1.165) is 36.5 Å². The summed E-state index contributed by atoms with van der Waals surface area (Å²) in [5.74, 6) is -0.200. The number of ether oxygens (including phenoxy) is 1. The van der Waals surface area contributed by atoms with Gasteiger partial charge in [-0.3, -0.25) is 9.36 Å². The molecule has 0 bridgehead atoms. The molecule has 1 unspecified atom stereocenters. The third kappa shape index (κ3) is 7.34. The zero-order chi connectivity index (χ0) is 31.1. The van der Waals surface area contributed by atoms with Gasteiger partial charge in [0.05, 0.1) is 23.4 Å². The lowest BCUT2D eigenvalue weighted by molar-refractivity contribution is -0.145. The van der Waals surface area contributed by atoms with E-state index in [-0.39, 0.29) is 23.4 Å². The smallest absolute Gasteiger partial charge is 0.417 e. The minimum absolute atomic E-state index is 0.0749. The van der Waals surface area contributed by atoms with Crippen molar-refractivity contribution in [1.29, 1.82) is 0 Å². The highest BCUT2D eigenvalue weighted by Crippen LogP contribution is 2.37. The lowest BCUT2D eigenvalue weighted by Crippen LogP contribution is -2.29. The Morgan fingerprint density at radius 1 is 0.977 bits per heavy atom. The van der Waals surface area contributed by atoms with Gasteiger partial charge < -0.3 is 9.84 Å². The summed E-state index contributed by atoms with van der Waals surface area (Å²) in [4.78, 5) is 30.7. The number of aryl methyl sites for hydroxylation is 3. The van der Waals surface area contributed by atoms with E-state index in [2.05, 4.69) is 4.98 Å². The van der Waals surface area contributed by atoms with Crippen LogP contribution in [0.15, 0.2) is 77.6 Å². The summed E-state index contributed by atoms with van der Waals surface area (Å²) in [6.07, 6.45) is -2.38. The highest BCUT2D eigenvalue weighted by Gasteiger charge is 2.35. The fourth-order valence-corrected chi connectivity index (χ4v) is 5.17. The van der Waals surface area contributed by atoms with Gasteiger partial charge in [0.1, 0.15) is 11.6 Å². The third-order valence-corrected chi connectivity index (χ3v) is 7.24. The first-order valence-corrected chi connectivity index (χ1v) is 14.4. The molecule has 1 N–H and O–H groups in total. The molecule has 1 heterocycles. The number of carboxylic acids is 1. The number of hydrogen-bond acceptors (Lipinski definition) is 4. The molecule has 1 aromatic heterocycles. The molecule has 0 aliphatic heterocycles. The van der Waals surface area contributed by atoms with E-state index < -0.39 is 29.4 Å². The van der Waals surface area contributed by atoms with Crippen LogP contribution < -0.4 is 10.3 Å².